The Hall–Kier alpha value is -3.99. The van der Waals surface area contributed by atoms with Gasteiger partial charge in [-0.2, -0.15) is 20.1 Å². The van der Waals surface area contributed by atoms with Gasteiger partial charge in [0.25, 0.3) is 0 Å². The number of benzene rings is 2. The highest BCUT2D eigenvalue weighted by Crippen LogP contribution is 2.28. The second-order valence-corrected chi connectivity index (χ2v) is 9.10. The Kier molecular flexibility index (Phi) is 8.44. The Bertz CT molecular complexity index is 1190. The molecule has 2 aromatic carbocycles. The van der Waals surface area contributed by atoms with E-state index in [9.17, 15) is 4.39 Å². The van der Waals surface area contributed by atoms with Crippen LogP contribution in [0.25, 0.3) is 0 Å². The number of hydrogen-bond donors (Lipinski definition) is 1. The van der Waals surface area contributed by atoms with Crippen molar-refractivity contribution in [3.63, 3.8) is 0 Å². The zero-order valence-electron chi connectivity index (χ0n) is 21.5. The van der Waals surface area contributed by atoms with E-state index in [2.05, 4.69) is 30.3 Å². The van der Waals surface area contributed by atoms with Crippen molar-refractivity contribution < 1.29 is 18.6 Å². The molecule has 2 aliphatic heterocycles. The molecule has 0 bridgehead atoms. The van der Waals surface area contributed by atoms with E-state index in [1.807, 2.05) is 18.2 Å². The quantitative estimate of drug-likeness (QED) is 0.332. The van der Waals surface area contributed by atoms with Crippen LogP contribution in [-0.2, 0) is 11.3 Å². The molecular formula is C27H32FN7O3. The minimum absolute atomic E-state index is 0.277. The fraction of sp³-hybridized carbons (Fsp3) is 0.407. The molecule has 1 aromatic heterocycles. The first-order chi connectivity index (χ1) is 18.7. The summed E-state index contributed by atoms with van der Waals surface area (Å²) in [6.45, 7) is 4.95. The number of ether oxygens (including phenoxy) is 3. The van der Waals surface area contributed by atoms with Crippen molar-refractivity contribution in [1.82, 2.24) is 15.0 Å². The molecule has 0 unspecified atom stereocenters. The topological polar surface area (TPSA) is 97.2 Å². The third kappa shape index (κ3) is 6.65. The molecule has 0 radical (unpaired) electrons. The lowest BCUT2D eigenvalue weighted by Gasteiger charge is -2.30. The van der Waals surface area contributed by atoms with E-state index in [1.54, 1.807) is 25.5 Å². The van der Waals surface area contributed by atoms with Crippen LogP contribution in [0.5, 0.6) is 11.5 Å². The normalized spacial score (nSPS) is 16.1. The molecule has 11 heteroatoms. The highest BCUT2D eigenvalue weighted by molar-refractivity contribution is 5.81. The summed E-state index contributed by atoms with van der Waals surface area (Å²) >= 11 is 0. The van der Waals surface area contributed by atoms with Crippen LogP contribution in [0.15, 0.2) is 47.6 Å². The summed E-state index contributed by atoms with van der Waals surface area (Å²) in [4.78, 5) is 18.3. The average Bonchev–Trinajstić information content (AvgIpc) is 2.98. The van der Waals surface area contributed by atoms with Crippen molar-refractivity contribution >= 4 is 24.1 Å². The minimum Gasteiger partial charge on any atom is -0.493 e. The number of piperidine rings is 1. The fourth-order valence-electron chi connectivity index (χ4n) is 4.33. The Labute approximate surface area is 221 Å². The molecule has 0 saturated carbocycles. The van der Waals surface area contributed by atoms with Gasteiger partial charge in [-0.25, -0.2) is 9.82 Å². The van der Waals surface area contributed by atoms with E-state index in [4.69, 9.17) is 19.2 Å². The second-order valence-electron chi connectivity index (χ2n) is 9.10. The smallest absolute Gasteiger partial charge is 0.250 e. The van der Waals surface area contributed by atoms with Crippen LogP contribution in [-0.4, -0.2) is 67.7 Å². The summed E-state index contributed by atoms with van der Waals surface area (Å²) in [7, 11) is 1.58. The van der Waals surface area contributed by atoms with Gasteiger partial charge < -0.3 is 24.0 Å². The molecule has 3 aromatic rings. The molecule has 1 N–H and O–H groups in total. The van der Waals surface area contributed by atoms with Gasteiger partial charge in [0.15, 0.2) is 11.5 Å². The summed E-state index contributed by atoms with van der Waals surface area (Å²) in [6, 6.07) is 11.7. The van der Waals surface area contributed by atoms with Crippen molar-refractivity contribution in [3.05, 3.63) is 59.4 Å². The molecule has 10 nitrogen and oxygen atoms in total. The molecule has 2 saturated heterocycles. The number of methoxy groups -OCH3 is 1. The first kappa shape index (κ1) is 25.7. The highest BCUT2D eigenvalue weighted by atomic mass is 19.1. The van der Waals surface area contributed by atoms with Crippen molar-refractivity contribution in [1.29, 1.82) is 0 Å². The fourth-order valence-corrected chi connectivity index (χ4v) is 4.33. The maximum absolute atomic E-state index is 13.1. The number of aromatic nitrogens is 3. The van der Waals surface area contributed by atoms with E-state index >= 15 is 0 Å². The number of hydrazone groups is 1. The van der Waals surface area contributed by atoms with Gasteiger partial charge >= 0.3 is 0 Å². The molecule has 0 aliphatic carbocycles. The number of hydrogen-bond acceptors (Lipinski definition) is 10. The molecule has 2 fully saturated rings. The van der Waals surface area contributed by atoms with Gasteiger partial charge in [0.1, 0.15) is 12.4 Å². The van der Waals surface area contributed by atoms with Gasteiger partial charge in [0.2, 0.25) is 17.8 Å². The Morgan fingerprint density at radius 3 is 2.34 bits per heavy atom. The van der Waals surface area contributed by atoms with Gasteiger partial charge in [0.05, 0.1) is 26.5 Å². The summed E-state index contributed by atoms with van der Waals surface area (Å²) in [5.74, 6) is 2.57. The molecule has 38 heavy (non-hydrogen) atoms. The van der Waals surface area contributed by atoms with Crippen molar-refractivity contribution in [3.8, 4) is 11.5 Å². The lowest BCUT2D eigenvalue weighted by Crippen LogP contribution is -2.38. The van der Waals surface area contributed by atoms with Crippen LogP contribution in [0.4, 0.5) is 22.2 Å². The first-order valence-electron chi connectivity index (χ1n) is 12.9. The van der Waals surface area contributed by atoms with Crippen LogP contribution in [0.1, 0.15) is 30.4 Å². The van der Waals surface area contributed by atoms with E-state index in [1.165, 1.54) is 18.6 Å². The Morgan fingerprint density at radius 1 is 0.921 bits per heavy atom. The maximum atomic E-state index is 13.1. The summed E-state index contributed by atoms with van der Waals surface area (Å²) < 4.78 is 30.0. The highest BCUT2D eigenvalue weighted by Gasteiger charge is 2.20. The minimum atomic E-state index is -0.277. The van der Waals surface area contributed by atoms with Crippen LogP contribution in [0, 0.1) is 5.82 Å². The first-order valence-corrected chi connectivity index (χ1v) is 12.9. The van der Waals surface area contributed by atoms with E-state index < -0.39 is 0 Å². The van der Waals surface area contributed by atoms with Crippen molar-refractivity contribution in [2.75, 3.05) is 61.7 Å². The summed E-state index contributed by atoms with van der Waals surface area (Å²) in [6.07, 6.45) is 5.16. The number of anilines is 3. The molecule has 0 amide bonds. The van der Waals surface area contributed by atoms with Gasteiger partial charge in [0, 0.05) is 26.2 Å². The predicted molar refractivity (Wildman–Crippen MR) is 144 cm³/mol. The molecule has 3 heterocycles. The molecule has 0 spiro atoms. The van der Waals surface area contributed by atoms with Crippen molar-refractivity contribution in [2.24, 2.45) is 5.10 Å². The predicted octanol–water partition coefficient (Wildman–Crippen LogP) is 3.87. The number of morpholine rings is 1. The average molecular weight is 522 g/mol. The SMILES string of the molecule is COc1cc(/C=N/Nc2nc(N3CCCCC3)nc(N3CCOCC3)n2)ccc1OCc1ccc(F)cc1. The van der Waals surface area contributed by atoms with Gasteiger partial charge in [-0.15, -0.1) is 0 Å². The number of halogens is 1. The lowest BCUT2D eigenvalue weighted by molar-refractivity contribution is 0.122. The summed E-state index contributed by atoms with van der Waals surface area (Å²) in [5.41, 5.74) is 4.64. The van der Waals surface area contributed by atoms with Gasteiger partial charge in [-0.3, -0.25) is 0 Å². The van der Waals surface area contributed by atoms with Gasteiger partial charge in [-0.1, -0.05) is 12.1 Å². The summed E-state index contributed by atoms with van der Waals surface area (Å²) in [5, 5.41) is 4.37. The number of nitrogens with zero attached hydrogens (tertiary/aromatic N) is 6. The largest absolute Gasteiger partial charge is 0.493 e. The van der Waals surface area contributed by atoms with Crippen LogP contribution in [0.3, 0.4) is 0 Å². The molecule has 0 atom stereocenters. The maximum Gasteiger partial charge on any atom is 0.250 e. The van der Waals surface area contributed by atoms with Gasteiger partial charge in [-0.05, 0) is 60.7 Å². The number of nitrogens with one attached hydrogen (secondary N) is 1. The lowest BCUT2D eigenvalue weighted by atomic mass is 10.1. The second kappa shape index (κ2) is 12.5. The van der Waals surface area contributed by atoms with E-state index in [-0.39, 0.29) is 5.82 Å². The molecule has 200 valence electrons. The standard InChI is InChI=1S/C27H32FN7O3/c1-36-24-17-21(7-10-23(24)38-19-20-5-8-22(28)9-6-20)18-29-33-25-30-26(34-11-3-2-4-12-34)32-27(31-25)35-13-15-37-16-14-35/h5-10,17-18H,2-4,11-16,19H2,1H3,(H,30,31,32,33)/b29-18+. The monoisotopic (exact) mass is 521 g/mol. The third-order valence-electron chi connectivity index (χ3n) is 6.42. The molecule has 2 aliphatic rings. The van der Waals surface area contributed by atoms with Crippen molar-refractivity contribution in [2.45, 2.75) is 25.9 Å². The van der Waals surface area contributed by atoms with Crippen LogP contribution < -0.4 is 24.7 Å². The Morgan fingerprint density at radius 2 is 1.63 bits per heavy atom. The van der Waals surface area contributed by atoms with E-state index in [0.717, 1.165) is 50.1 Å². The number of rotatable bonds is 9. The molecular weight excluding hydrogens is 489 g/mol. The zero-order chi connectivity index (χ0) is 26.2. The van der Waals surface area contributed by atoms with Crippen LogP contribution >= 0.6 is 0 Å². The Balaban J connectivity index is 1.28. The zero-order valence-corrected chi connectivity index (χ0v) is 21.5. The third-order valence-corrected chi connectivity index (χ3v) is 6.42. The molecule has 5 rings (SSSR count). The van der Waals surface area contributed by atoms with E-state index in [0.29, 0.717) is 49.2 Å². The van der Waals surface area contributed by atoms with Crippen LogP contribution in [0.2, 0.25) is 0 Å².